The first-order chi connectivity index (χ1) is 8.25. The number of pyridine rings is 1. The molecule has 0 unspecified atom stereocenters. The third-order valence-electron chi connectivity index (χ3n) is 3.36. The molecule has 0 bridgehead atoms. The number of nitrogens with zero attached hydrogens (tertiary/aromatic N) is 1. The average Bonchev–Trinajstić information content (AvgIpc) is 2.38. The number of nitrogens with one attached hydrogen (secondary N) is 1. The lowest BCUT2D eigenvalue weighted by molar-refractivity contribution is 0.0699. The Morgan fingerprint density at radius 3 is 2.88 bits per heavy atom. The van der Waals surface area contributed by atoms with E-state index in [1.165, 1.54) is 5.56 Å². The van der Waals surface area contributed by atoms with Gasteiger partial charge in [-0.15, -0.1) is 0 Å². The van der Waals surface area contributed by atoms with E-state index >= 15 is 0 Å². The Morgan fingerprint density at radius 2 is 2.18 bits per heavy atom. The maximum Gasteiger partial charge on any atom is 0.126 e. The zero-order valence-corrected chi connectivity index (χ0v) is 10.8. The van der Waals surface area contributed by atoms with E-state index in [9.17, 15) is 0 Å². The topological polar surface area (TPSA) is 34.2 Å². The third-order valence-corrected chi connectivity index (χ3v) is 3.36. The highest BCUT2D eigenvalue weighted by Crippen LogP contribution is 2.18. The van der Waals surface area contributed by atoms with Crippen molar-refractivity contribution in [3.63, 3.8) is 0 Å². The molecule has 1 aromatic rings. The summed E-state index contributed by atoms with van der Waals surface area (Å²) in [7, 11) is 0. The van der Waals surface area contributed by atoms with Gasteiger partial charge >= 0.3 is 0 Å². The number of aromatic nitrogens is 1. The Hall–Kier alpha value is -1.09. The molecule has 0 atom stereocenters. The standard InChI is InChI=1S/C14H22N2O/c1-11(2)13-3-6-15-14(9-13)16-10-12-4-7-17-8-5-12/h3,6,9,11-12H,4-5,7-8,10H2,1-2H3,(H,15,16). The highest BCUT2D eigenvalue weighted by molar-refractivity contribution is 5.38. The van der Waals surface area contributed by atoms with Gasteiger partial charge in [0.05, 0.1) is 0 Å². The molecule has 0 saturated carbocycles. The van der Waals surface area contributed by atoms with Crippen molar-refractivity contribution in [1.82, 2.24) is 4.98 Å². The monoisotopic (exact) mass is 234 g/mol. The molecule has 0 amide bonds. The maximum atomic E-state index is 5.36. The molecule has 1 saturated heterocycles. The van der Waals surface area contributed by atoms with E-state index in [0.29, 0.717) is 5.92 Å². The number of hydrogen-bond acceptors (Lipinski definition) is 3. The van der Waals surface area contributed by atoms with Crippen LogP contribution in [-0.2, 0) is 4.74 Å². The molecule has 0 aromatic carbocycles. The lowest BCUT2D eigenvalue weighted by Gasteiger charge is -2.22. The lowest BCUT2D eigenvalue weighted by atomic mass is 10.0. The maximum absolute atomic E-state index is 5.36. The van der Waals surface area contributed by atoms with Gasteiger partial charge in [-0.25, -0.2) is 4.98 Å². The molecule has 17 heavy (non-hydrogen) atoms. The summed E-state index contributed by atoms with van der Waals surface area (Å²) in [5.74, 6) is 2.29. The van der Waals surface area contributed by atoms with Gasteiger partial charge in [-0.05, 0) is 42.4 Å². The molecule has 3 nitrogen and oxygen atoms in total. The van der Waals surface area contributed by atoms with Crippen LogP contribution in [0.15, 0.2) is 18.3 Å². The van der Waals surface area contributed by atoms with Crippen LogP contribution in [0.1, 0.15) is 38.2 Å². The van der Waals surface area contributed by atoms with Crippen LogP contribution < -0.4 is 5.32 Å². The van der Waals surface area contributed by atoms with Crippen LogP contribution in [0.25, 0.3) is 0 Å². The van der Waals surface area contributed by atoms with E-state index in [1.807, 2.05) is 6.20 Å². The summed E-state index contributed by atoms with van der Waals surface area (Å²) in [6, 6.07) is 4.24. The summed E-state index contributed by atoms with van der Waals surface area (Å²) in [5.41, 5.74) is 1.34. The number of rotatable bonds is 4. The highest BCUT2D eigenvalue weighted by atomic mass is 16.5. The first-order valence-corrected chi connectivity index (χ1v) is 6.53. The van der Waals surface area contributed by atoms with Gasteiger partial charge in [0, 0.05) is 26.0 Å². The molecule has 0 radical (unpaired) electrons. The summed E-state index contributed by atoms with van der Waals surface area (Å²) >= 11 is 0. The Kier molecular flexibility index (Phi) is 4.37. The molecule has 1 fully saturated rings. The van der Waals surface area contributed by atoms with E-state index < -0.39 is 0 Å². The number of ether oxygens (including phenoxy) is 1. The van der Waals surface area contributed by atoms with Gasteiger partial charge in [0.25, 0.3) is 0 Å². The van der Waals surface area contributed by atoms with Gasteiger partial charge in [-0.1, -0.05) is 13.8 Å². The second-order valence-corrected chi connectivity index (χ2v) is 5.07. The van der Waals surface area contributed by atoms with E-state index in [2.05, 4.69) is 36.3 Å². The van der Waals surface area contributed by atoms with Crippen molar-refractivity contribution in [2.75, 3.05) is 25.1 Å². The Morgan fingerprint density at radius 1 is 1.41 bits per heavy atom. The molecule has 1 aliphatic heterocycles. The minimum absolute atomic E-state index is 0.557. The van der Waals surface area contributed by atoms with Crippen molar-refractivity contribution >= 4 is 5.82 Å². The van der Waals surface area contributed by atoms with Crippen LogP contribution in [-0.4, -0.2) is 24.7 Å². The fourth-order valence-corrected chi connectivity index (χ4v) is 2.10. The Balaban J connectivity index is 1.87. The molecule has 1 aliphatic rings. The van der Waals surface area contributed by atoms with E-state index in [1.54, 1.807) is 0 Å². The summed E-state index contributed by atoms with van der Waals surface area (Å²) in [6.45, 7) is 7.24. The molecule has 1 aromatic heterocycles. The molecule has 1 N–H and O–H groups in total. The molecule has 2 heterocycles. The van der Waals surface area contributed by atoms with Crippen LogP contribution in [0.4, 0.5) is 5.82 Å². The zero-order valence-electron chi connectivity index (χ0n) is 10.8. The number of hydrogen-bond donors (Lipinski definition) is 1. The van der Waals surface area contributed by atoms with Crippen molar-refractivity contribution in [3.05, 3.63) is 23.9 Å². The van der Waals surface area contributed by atoms with E-state index in [0.717, 1.165) is 44.3 Å². The van der Waals surface area contributed by atoms with Gasteiger partial charge in [0.15, 0.2) is 0 Å². The van der Waals surface area contributed by atoms with Gasteiger partial charge in [0.1, 0.15) is 5.82 Å². The average molecular weight is 234 g/mol. The predicted molar refractivity (Wildman–Crippen MR) is 70.4 cm³/mol. The first-order valence-electron chi connectivity index (χ1n) is 6.53. The van der Waals surface area contributed by atoms with Crippen molar-refractivity contribution < 1.29 is 4.74 Å². The zero-order chi connectivity index (χ0) is 12.1. The van der Waals surface area contributed by atoms with Gasteiger partial charge in [-0.2, -0.15) is 0 Å². The van der Waals surface area contributed by atoms with Crippen molar-refractivity contribution in [3.8, 4) is 0 Å². The number of anilines is 1. The Labute approximate surface area is 104 Å². The van der Waals surface area contributed by atoms with Crippen molar-refractivity contribution in [2.45, 2.75) is 32.6 Å². The van der Waals surface area contributed by atoms with Gasteiger partial charge < -0.3 is 10.1 Å². The fraction of sp³-hybridized carbons (Fsp3) is 0.643. The second-order valence-electron chi connectivity index (χ2n) is 5.07. The van der Waals surface area contributed by atoms with Crippen LogP contribution in [0.3, 0.4) is 0 Å². The van der Waals surface area contributed by atoms with E-state index in [4.69, 9.17) is 4.74 Å². The van der Waals surface area contributed by atoms with Gasteiger partial charge in [0.2, 0.25) is 0 Å². The summed E-state index contributed by atoms with van der Waals surface area (Å²) in [5, 5.41) is 3.44. The normalized spacial score (nSPS) is 17.4. The summed E-state index contributed by atoms with van der Waals surface area (Å²) in [6.07, 6.45) is 4.22. The van der Waals surface area contributed by atoms with Crippen LogP contribution in [0.2, 0.25) is 0 Å². The molecular weight excluding hydrogens is 212 g/mol. The first kappa shape index (κ1) is 12.4. The molecule has 3 heteroatoms. The third kappa shape index (κ3) is 3.70. The second kappa shape index (κ2) is 6.01. The molecular formula is C14H22N2O. The highest BCUT2D eigenvalue weighted by Gasteiger charge is 2.13. The molecule has 94 valence electrons. The molecule has 0 aliphatic carbocycles. The fourth-order valence-electron chi connectivity index (χ4n) is 2.10. The quantitative estimate of drug-likeness (QED) is 0.869. The molecule has 0 spiro atoms. The van der Waals surface area contributed by atoms with E-state index in [-0.39, 0.29) is 0 Å². The largest absolute Gasteiger partial charge is 0.381 e. The predicted octanol–water partition coefficient (Wildman–Crippen LogP) is 3.04. The van der Waals surface area contributed by atoms with Crippen LogP contribution in [0.5, 0.6) is 0 Å². The minimum Gasteiger partial charge on any atom is -0.381 e. The smallest absolute Gasteiger partial charge is 0.126 e. The SMILES string of the molecule is CC(C)c1ccnc(NCC2CCOCC2)c1. The lowest BCUT2D eigenvalue weighted by Crippen LogP contribution is -2.22. The Bertz CT molecular complexity index is 346. The van der Waals surface area contributed by atoms with Crippen LogP contribution in [0, 0.1) is 5.92 Å². The van der Waals surface area contributed by atoms with Crippen molar-refractivity contribution in [2.24, 2.45) is 5.92 Å². The molecule has 2 rings (SSSR count). The summed E-state index contributed by atoms with van der Waals surface area (Å²) in [4.78, 5) is 4.36. The van der Waals surface area contributed by atoms with Crippen molar-refractivity contribution in [1.29, 1.82) is 0 Å². The van der Waals surface area contributed by atoms with Gasteiger partial charge in [-0.3, -0.25) is 0 Å². The van der Waals surface area contributed by atoms with Crippen LogP contribution >= 0.6 is 0 Å². The minimum atomic E-state index is 0.557. The summed E-state index contributed by atoms with van der Waals surface area (Å²) < 4.78 is 5.36.